The molecule has 1 saturated heterocycles. The van der Waals surface area contributed by atoms with Crippen LogP contribution >= 0.6 is 0 Å². The van der Waals surface area contributed by atoms with E-state index in [-0.39, 0.29) is 0 Å². The lowest BCUT2D eigenvalue weighted by Crippen LogP contribution is -2.46. The van der Waals surface area contributed by atoms with Gasteiger partial charge < -0.3 is 14.8 Å². The van der Waals surface area contributed by atoms with E-state index < -0.39 is 0 Å². The molecule has 0 spiro atoms. The molecule has 0 bridgehead atoms. The second kappa shape index (κ2) is 4.84. The van der Waals surface area contributed by atoms with Crippen LogP contribution in [0, 0.1) is 5.92 Å². The zero-order valence-corrected chi connectivity index (χ0v) is 11.2. The molecule has 4 rings (SSSR count). The lowest BCUT2D eigenvalue weighted by Gasteiger charge is -2.38. The van der Waals surface area contributed by atoms with Gasteiger partial charge in [-0.1, -0.05) is 36.4 Å². The zero-order chi connectivity index (χ0) is 13.4. The topological polar surface area (TPSA) is 30.5 Å². The molecular formula is C17H17NO2. The fourth-order valence-electron chi connectivity index (χ4n) is 3.01. The van der Waals surface area contributed by atoms with Crippen LogP contribution in [0.3, 0.4) is 0 Å². The molecule has 102 valence electrons. The molecule has 2 unspecified atom stereocenters. The Hall–Kier alpha value is -2.00. The fraction of sp³-hybridized carbons (Fsp3) is 0.294. The average molecular weight is 267 g/mol. The van der Waals surface area contributed by atoms with Gasteiger partial charge in [-0.05, 0) is 35.6 Å². The number of fused-ring (bicyclic) bond motifs is 1. The van der Waals surface area contributed by atoms with E-state index >= 15 is 0 Å². The van der Waals surface area contributed by atoms with E-state index in [4.69, 9.17) is 9.47 Å². The van der Waals surface area contributed by atoms with Crippen LogP contribution in [-0.4, -0.2) is 13.3 Å². The molecule has 1 N–H and O–H groups in total. The number of benzene rings is 2. The van der Waals surface area contributed by atoms with Gasteiger partial charge in [-0.15, -0.1) is 0 Å². The van der Waals surface area contributed by atoms with Crippen molar-refractivity contribution in [3.8, 4) is 11.5 Å². The van der Waals surface area contributed by atoms with Gasteiger partial charge in [0.2, 0.25) is 6.79 Å². The highest BCUT2D eigenvalue weighted by Gasteiger charge is 2.32. The second-order valence-electron chi connectivity index (χ2n) is 5.45. The number of ether oxygens (including phenoxy) is 2. The van der Waals surface area contributed by atoms with Crippen molar-refractivity contribution in [2.75, 3.05) is 13.3 Å². The van der Waals surface area contributed by atoms with Gasteiger partial charge in [0.25, 0.3) is 0 Å². The Morgan fingerprint density at radius 1 is 1.00 bits per heavy atom. The molecule has 20 heavy (non-hydrogen) atoms. The van der Waals surface area contributed by atoms with Crippen molar-refractivity contribution in [1.82, 2.24) is 5.32 Å². The van der Waals surface area contributed by atoms with Crippen LogP contribution in [0.5, 0.6) is 11.5 Å². The molecule has 0 aromatic heterocycles. The van der Waals surface area contributed by atoms with Crippen molar-refractivity contribution in [1.29, 1.82) is 0 Å². The molecule has 2 heterocycles. The van der Waals surface area contributed by atoms with Crippen molar-refractivity contribution < 1.29 is 9.47 Å². The third kappa shape index (κ3) is 2.04. The highest BCUT2D eigenvalue weighted by molar-refractivity contribution is 5.45. The molecule has 1 fully saturated rings. The Balaban J connectivity index is 1.51. The van der Waals surface area contributed by atoms with Gasteiger partial charge in [0, 0.05) is 12.6 Å². The fourth-order valence-corrected chi connectivity index (χ4v) is 3.01. The van der Waals surface area contributed by atoms with Gasteiger partial charge in [-0.25, -0.2) is 0 Å². The molecule has 2 aromatic carbocycles. The molecule has 0 amide bonds. The predicted octanol–water partition coefficient (Wildman–Crippen LogP) is 2.92. The summed E-state index contributed by atoms with van der Waals surface area (Å²) in [5, 5.41) is 3.53. The summed E-state index contributed by atoms with van der Waals surface area (Å²) in [5.74, 6) is 2.38. The molecule has 2 aliphatic rings. The highest BCUT2D eigenvalue weighted by Crippen LogP contribution is 2.38. The first-order valence-corrected chi connectivity index (χ1v) is 7.07. The summed E-state index contributed by atoms with van der Waals surface area (Å²) in [7, 11) is 0. The molecule has 3 nitrogen and oxygen atoms in total. The maximum absolute atomic E-state index is 5.46. The minimum absolute atomic E-state index is 0.338. The van der Waals surface area contributed by atoms with Crippen LogP contribution in [0.2, 0.25) is 0 Å². The summed E-state index contributed by atoms with van der Waals surface area (Å²) in [6.07, 6.45) is 1.12. The van der Waals surface area contributed by atoms with E-state index in [9.17, 15) is 0 Å². The summed E-state index contributed by atoms with van der Waals surface area (Å²) in [6, 6.07) is 17.4. The standard InChI is InChI=1S/C17H17NO2/c1-2-4-12(5-3-1)8-14-10-18-17(14)13-6-7-15-16(9-13)20-11-19-15/h1-7,9,14,17-18H,8,10-11H2. The summed E-state index contributed by atoms with van der Waals surface area (Å²) in [5.41, 5.74) is 2.70. The van der Waals surface area contributed by atoms with Crippen molar-refractivity contribution in [3.05, 3.63) is 59.7 Å². The van der Waals surface area contributed by atoms with Crippen LogP contribution in [0.1, 0.15) is 17.2 Å². The SMILES string of the molecule is c1ccc(CC2CNC2c2ccc3c(c2)OCO3)cc1. The third-order valence-electron chi connectivity index (χ3n) is 4.17. The summed E-state index contributed by atoms with van der Waals surface area (Å²) >= 11 is 0. The van der Waals surface area contributed by atoms with Crippen LogP contribution in [0.4, 0.5) is 0 Å². The summed E-state index contributed by atoms with van der Waals surface area (Å²) in [6.45, 7) is 1.42. The number of rotatable bonds is 3. The Kier molecular flexibility index (Phi) is 2.85. The molecular weight excluding hydrogens is 250 g/mol. The quantitative estimate of drug-likeness (QED) is 0.927. The number of nitrogens with one attached hydrogen (secondary N) is 1. The van der Waals surface area contributed by atoms with Gasteiger partial charge in [-0.3, -0.25) is 0 Å². The van der Waals surface area contributed by atoms with Gasteiger partial charge in [0.15, 0.2) is 11.5 Å². The lowest BCUT2D eigenvalue weighted by molar-refractivity contribution is 0.173. The lowest BCUT2D eigenvalue weighted by atomic mass is 9.82. The predicted molar refractivity (Wildman–Crippen MR) is 76.9 cm³/mol. The molecule has 2 atom stereocenters. The number of hydrogen-bond donors (Lipinski definition) is 1. The molecule has 3 heteroatoms. The van der Waals surface area contributed by atoms with E-state index in [1.54, 1.807) is 0 Å². The molecule has 0 aliphatic carbocycles. The van der Waals surface area contributed by atoms with Crippen LogP contribution in [-0.2, 0) is 6.42 Å². The van der Waals surface area contributed by atoms with Crippen LogP contribution in [0.15, 0.2) is 48.5 Å². The van der Waals surface area contributed by atoms with Gasteiger partial charge in [-0.2, -0.15) is 0 Å². The molecule has 2 aliphatic heterocycles. The Morgan fingerprint density at radius 3 is 2.65 bits per heavy atom. The van der Waals surface area contributed by atoms with E-state index in [1.165, 1.54) is 11.1 Å². The molecule has 2 aromatic rings. The highest BCUT2D eigenvalue weighted by atomic mass is 16.7. The van der Waals surface area contributed by atoms with Gasteiger partial charge >= 0.3 is 0 Å². The second-order valence-corrected chi connectivity index (χ2v) is 5.45. The Bertz CT molecular complexity index is 612. The van der Waals surface area contributed by atoms with E-state index in [0.29, 0.717) is 18.8 Å². The first-order valence-electron chi connectivity index (χ1n) is 7.07. The van der Waals surface area contributed by atoms with Crippen LogP contribution in [0.25, 0.3) is 0 Å². The maximum atomic E-state index is 5.46. The van der Waals surface area contributed by atoms with Crippen molar-refractivity contribution in [3.63, 3.8) is 0 Å². The first kappa shape index (κ1) is 11.8. The van der Waals surface area contributed by atoms with E-state index in [2.05, 4.69) is 47.8 Å². The maximum Gasteiger partial charge on any atom is 0.231 e. The van der Waals surface area contributed by atoms with Gasteiger partial charge in [0.05, 0.1) is 0 Å². The summed E-state index contributed by atoms with van der Waals surface area (Å²) in [4.78, 5) is 0. The first-order chi connectivity index (χ1) is 9.90. The Morgan fingerprint density at radius 2 is 1.85 bits per heavy atom. The van der Waals surface area contributed by atoms with E-state index in [1.807, 2.05) is 6.07 Å². The minimum atomic E-state index is 0.338. The minimum Gasteiger partial charge on any atom is -0.454 e. The van der Waals surface area contributed by atoms with Gasteiger partial charge in [0.1, 0.15) is 0 Å². The Labute approximate surface area is 118 Å². The average Bonchev–Trinajstić information content (AvgIpc) is 2.92. The van der Waals surface area contributed by atoms with Crippen LogP contribution < -0.4 is 14.8 Å². The normalized spacial score (nSPS) is 23.4. The smallest absolute Gasteiger partial charge is 0.231 e. The molecule has 0 saturated carbocycles. The summed E-state index contributed by atoms with van der Waals surface area (Å²) < 4.78 is 10.8. The monoisotopic (exact) mass is 267 g/mol. The third-order valence-corrected chi connectivity index (χ3v) is 4.17. The van der Waals surface area contributed by atoms with Crippen molar-refractivity contribution in [2.24, 2.45) is 5.92 Å². The van der Waals surface area contributed by atoms with E-state index in [0.717, 1.165) is 24.5 Å². The molecule has 0 radical (unpaired) electrons. The number of hydrogen-bond acceptors (Lipinski definition) is 3. The largest absolute Gasteiger partial charge is 0.454 e. The van der Waals surface area contributed by atoms with Crippen molar-refractivity contribution >= 4 is 0 Å². The van der Waals surface area contributed by atoms with Crippen molar-refractivity contribution in [2.45, 2.75) is 12.5 Å². The zero-order valence-electron chi connectivity index (χ0n) is 11.2.